The van der Waals surface area contributed by atoms with E-state index in [9.17, 15) is 9.59 Å². The van der Waals surface area contributed by atoms with Gasteiger partial charge in [-0.2, -0.15) is 0 Å². The van der Waals surface area contributed by atoms with Gasteiger partial charge >= 0.3 is 5.97 Å². The van der Waals surface area contributed by atoms with Crippen LogP contribution >= 0.6 is 31.9 Å². The van der Waals surface area contributed by atoms with Gasteiger partial charge in [0.05, 0.1) is 12.7 Å². The molecule has 0 aromatic heterocycles. The summed E-state index contributed by atoms with van der Waals surface area (Å²) in [4.78, 5) is 24.8. The van der Waals surface area contributed by atoms with Gasteiger partial charge in [-0.25, -0.2) is 0 Å². The number of methoxy groups -OCH3 is 1. The van der Waals surface area contributed by atoms with Crippen molar-refractivity contribution in [3.05, 3.63) is 32.7 Å². The van der Waals surface area contributed by atoms with E-state index >= 15 is 0 Å². The lowest BCUT2D eigenvalue weighted by Gasteiger charge is -2.17. The molecule has 0 unspecified atom stereocenters. The van der Waals surface area contributed by atoms with E-state index in [1.807, 2.05) is 12.1 Å². The minimum absolute atomic E-state index is 0.0794. The Morgan fingerprint density at radius 3 is 2.58 bits per heavy atom. The zero-order valence-corrected chi connectivity index (χ0v) is 14.0. The Hall–Kier alpha value is -0.880. The summed E-state index contributed by atoms with van der Waals surface area (Å²) >= 11 is 6.71. The zero-order valence-electron chi connectivity index (χ0n) is 10.8. The van der Waals surface area contributed by atoms with Gasteiger partial charge < -0.3 is 9.64 Å². The van der Waals surface area contributed by atoms with Crippen molar-refractivity contribution in [2.75, 3.05) is 20.7 Å². The lowest BCUT2D eigenvalue weighted by Crippen LogP contribution is -2.28. The molecular weight excluding hydrogens is 378 g/mol. The summed E-state index contributed by atoms with van der Waals surface area (Å²) in [6.07, 6.45) is 0.901. The second kappa shape index (κ2) is 7.65. The minimum Gasteiger partial charge on any atom is -0.469 e. The number of carbonyl (C=O) groups excluding carboxylic acids is 2. The van der Waals surface area contributed by atoms with E-state index < -0.39 is 0 Å². The Kier molecular flexibility index (Phi) is 6.51. The number of ether oxygens (including phenoxy) is 1. The molecule has 1 rings (SSSR count). The van der Waals surface area contributed by atoms with Gasteiger partial charge in [0, 0.05) is 29.0 Å². The third-order valence-electron chi connectivity index (χ3n) is 2.61. The second-order valence-electron chi connectivity index (χ2n) is 4.03. The number of hydrogen-bond donors (Lipinski definition) is 0. The summed E-state index contributed by atoms with van der Waals surface area (Å²) in [6, 6.07) is 5.41. The lowest BCUT2D eigenvalue weighted by molar-refractivity contribution is -0.140. The zero-order chi connectivity index (χ0) is 14.4. The molecule has 0 saturated carbocycles. The maximum Gasteiger partial charge on any atom is 0.305 e. The van der Waals surface area contributed by atoms with Crippen LogP contribution in [0.2, 0.25) is 0 Å². The normalized spacial score (nSPS) is 10.1. The van der Waals surface area contributed by atoms with Gasteiger partial charge in [0.2, 0.25) is 0 Å². The minimum atomic E-state index is -0.259. The van der Waals surface area contributed by atoms with Crippen molar-refractivity contribution in [3.8, 4) is 0 Å². The van der Waals surface area contributed by atoms with Gasteiger partial charge in [-0.3, -0.25) is 9.59 Å². The number of amides is 1. The number of esters is 1. The number of carbonyl (C=O) groups is 2. The summed E-state index contributed by atoms with van der Waals surface area (Å²) in [5, 5.41) is 0. The molecule has 1 amide bonds. The molecule has 19 heavy (non-hydrogen) atoms. The molecular formula is C13H15Br2NO3. The van der Waals surface area contributed by atoms with Gasteiger partial charge in [0.15, 0.2) is 0 Å². The van der Waals surface area contributed by atoms with E-state index in [2.05, 4.69) is 36.6 Å². The van der Waals surface area contributed by atoms with Crippen molar-refractivity contribution >= 4 is 43.7 Å². The van der Waals surface area contributed by atoms with Gasteiger partial charge in [0.25, 0.3) is 5.91 Å². The van der Waals surface area contributed by atoms with E-state index in [0.717, 1.165) is 8.95 Å². The first-order valence-electron chi connectivity index (χ1n) is 5.73. The van der Waals surface area contributed by atoms with E-state index in [-0.39, 0.29) is 11.9 Å². The molecule has 0 bridgehead atoms. The van der Waals surface area contributed by atoms with Crippen LogP contribution in [0, 0.1) is 0 Å². The first-order valence-corrected chi connectivity index (χ1v) is 7.31. The SMILES string of the molecule is COC(=O)CCCN(C)C(=O)c1ccc(Br)cc1Br. The monoisotopic (exact) mass is 391 g/mol. The molecule has 0 radical (unpaired) electrons. The van der Waals surface area contributed by atoms with E-state index in [0.29, 0.717) is 24.9 Å². The predicted molar refractivity (Wildman–Crippen MR) is 80.1 cm³/mol. The molecule has 0 fully saturated rings. The van der Waals surface area contributed by atoms with Gasteiger partial charge in [0.1, 0.15) is 0 Å². The second-order valence-corrected chi connectivity index (χ2v) is 5.80. The van der Waals surface area contributed by atoms with Crippen LogP contribution in [0.1, 0.15) is 23.2 Å². The van der Waals surface area contributed by atoms with Crippen LogP contribution in [0.3, 0.4) is 0 Å². The first-order chi connectivity index (χ1) is 8.95. The summed E-state index contributed by atoms with van der Waals surface area (Å²) in [7, 11) is 3.07. The molecule has 0 aliphatic rings. The maximum absolute atomic E-state index is 12.2. The molecule has 6 heteroatoms. The number of halogens is 2. The van der Waals surface area contributed by atoms with Crippen LogP contribution in [-0.2, 0) is 9.53 Å². The third kappa shape index (κ3) is 4.95. The number of hydrogen-bond acceptors (Lipinski definition) is 3. The fourth-order valence-corrected chi connectivity index (χ4v) is 2.75. The summed E-state index contributed by atoms with van der Waals surface area (Å²) in [5.74, 6) is -0.338. The van der Waals surface area contributed by atoms with Crippen LogP contribution in [0.4, 0.5) is 0 Å². The van der Waals surface area contributed by atoms with Crippen molar-refractivity contribution < 1.29 is 14.3 Å². The van der Waals surface area contributed by atoms with E-state index in [1.165, 1.54) is 7.11 Å². The van der Waals surface area contributed by atoms with Crippen LogP contribution in [0.15, 0.2) is 27.1 Å². The number of nitrogens with zero attached hydrogens (tertiary/aromatic N) is 1. The highest BCUT2D eigenvalue weighted by molar-refractivity contribution is 9.11. The van der Waals surface area contributed by atoms with E-state index in [4.69, 9.17) is 0 Å². The topological polar surface area (TPSA) is 46.6 Å². The van der Waals surface area contributed by atoms with Crippen LogP contribution in [0.25, 0.3) is 0 Å². The van der Waals surface area contributed by atoms with Crippen molar-refractivity contribution in [2.45, 2.75) is 12.8 Å². The lowest BCUT2D eigenvalue weighted by atomic mass is 10.2. The predicted octanol–water partition coefficient (Wildman–Crippen LogP) is 3.24. The highest BCUT2D eigenvalue weighted by Crippen LogP contribution is 2.23. The molecule has 0 aliphatic heterocycles. The van der Waals surface area contributed by atoms with Gasteiger partial charge in [-0.1, -0.05) is 15.9 Å². The Bertz CT molecular complexity index is 477. The maximum atomic E-state index is 12.2. The third-order valence-corrected chi connectivity index (χ3v) is 3.76. The molecule has 0 saturated heterocycles. The molecule has 1 aromatic carbocycles. The van der Waals surface area contributed by atoms with Gasteiger partial charge in [-0.05, 0) is 40.5 Å². The Morgan fingerprint density at radius 1 is 1.32 bits per heavy atom. The standard InChI is InChI=1S/C13H15Br2NO3/c1-16(7-3-4-12(17)19-2)13(18)10-6-5-9(14)8-11(10)15/h5-6,8H,3-4,7H2,1-2H3. The van der Waals surface area contributed by atoms with Crippen LogP contribution < -0.4 is 0 Å². The highest BCUT2D eigenvalue weighted by atomic mass is 79.9. The Labute approximate surface area is 129 Å². The Morgan fingerprint density at radius 2 is 2.00 bits per heavy atom. The molecule has 0 heterocycles. The summed E-state index contributed by atoms with van der Waals surface area (Å²) < 4.78 is 6.20. The summed E-state index contributed by atoms with van der Waals surface area (Å²) in [5.41, 5.74) is 0.601. The van der Waals surface area contributed by atoms with Crippen molar-refractivity contribution in [2.24, 2.45) is 0 Å². The molecule has 0 spiro atoms. The molecule has 0 atom stereocenters. The Balaban J connectivity index is 2.59. The van der Waals surface area contributed by atoms with E-state index in [1.54, 1.807) is 18.0 Å². The molecule has 0 aliphatic carbocycles. The average molecular weight is 393 g/mol. The fraction of sp³-hybridized carbons (Fsp3) is 0.385. The van der Waals surface area contributed by atoms with Crippen molar-refractivity contribution in [3.63, 3.8) is 0 Å². The van der Waals surface area contributed by atoms with Crippen LogP contribution in [0.5, 0.6) is 0 Å². The number of rotatable bonds is 5. The quantitative estimate of drug-likeness (QED) is 0.722. The van der Waals surface area contributed by atoms with Crippen molar-refractivity contribution in [1.82, 2.24) is 4.90 Å². The van der Waals surface area contributed by atoms with Gasteiger partial charge in [-0.15, -0.1) is 0 Å². The largest absolute Gasteiger partial charge is 0.469 e. The molecule has 1 aromatic rings. The van der Waals surface area contributed by atoms with Crippen LogP contribution in [-0.4, -0.2) is 37.5 Å². The highest BCUT2D eigenvalue weighted by Gasteiger charge is 2.15. The van der Waals surface area contributed by atoms with Crippen molar-refractivity contribution in [1.29, 1.82) is 0 Å². The summed E-state index contributed by atoms with van der Waals surface area (Å²) in [6.45, 7) is 0.510. The molecule has 0 N–H and O–H groups in total. The molecule has 104 valence electrons. The smallest absolute Gasteiger partial charge is 0.305 e. The average Bonchev–Trinajstić information content (AvgIpc) is 2.37. The number of benzene rings is 1. The first kappa shape index (κ1) is 16.2. The fourth-order valence-electron chi connectivity index (χ4n) is 1.53. The molecule has 4 nitrogen and oxygen atoms in total.